The van der Waals surface area contributed by atoms with Gasteiger partial charge in [-0.3, -0.25) is 14.4 Å². The van der Waals surface area contributed by atoms with Crippen molar-refractivity contribution in [2.75, 3.05) is 10.6 Å². The molecule has 0 fully saturated rings. The minimum absolute atomic E-state index is 0.0524. The Hall–Kier alpha value is -3.87. The lowest BCUT2D eigenvalue weighted by atomic mass is 10.1. The number of rotatable bonds is 7. The molecule has 7 heteroatoms. The number of hydrogen-bond donors (Lipinski definition) is 3. The number of aryl methyl sites for hydroxylation is 1. The molecule has 0 aliphatic heterocycles. The van der Waals surface area contributed by atoms with E-state index >= 15 is 0 Å². The summed E-state index contributed by atoms with van der Waals surface area (Å²) in [7, 11) is 0. The van der Waals surface area contributed by atoms with E-state index in [1.165, 1.54) is 6.26 Å². The highest BCUT2D eigenvalue weighted by Gasteiger charge is 2.15. The van der Waals surface area contributed by atoms with E-state index in [1.54, 1.807) is 49.4 Å². The van der Waals surface area contributed by atoms with Crippen LogP contribution < -0.4 is 16.0 Å². The van der Waals surface area contributed by atoms with Crippen molar-refractivity contribution in [3.63, 3.8) is 0 Å². The van der Waals surface area contributed by atoms with E-state index in [0.29, 0.717) is 23.4 Å². The quantitative estimate of drug-likeness (QED) is 0.518. The second-order valence-corrected chi connectivity index (χ2v) is 7.18. The molecule has 0 saturated heterocycles. The molecule has 3 rings (SSSR count). The van der Waals surface area contributed by atoms with Crippen LogP contribution in [0.2, 0.25) is 0 Å². The second-order valence-electron chi connectivity index (χ2n) is 7.18. The molecule has 2 aromatic carbocycles. The molecule has 0 radical (unpaired) electrons. The van der Waals surface area contributed by atoms with Crippen LogP contribution in [-0.2, 0) is 4.79 Å². The number of hydrogen-bond acceptors (Lipinski definition) is 4. The molecule has 7 nitrogen and oxygen atoms in total. The highest BCUT2D eigenvalue weighted by Crippen LogP contribution is 2.20. The van der Waals surface area contributed by atoms with E-state index in [0.717, 1.165) is 11.1 Å². The van der Waals surface area contributed by atoms with Crippen molar-refractivity contribution in [2.24, 2.45) is 0 Å². The Morgan fingerprint density at radius 2 is 1.71 bits per heavy atom. The molecule has 1 aromatic heterocycles. The summed E-state index contributed by atoms with van der Waals surface area (Å²) in [5.41, 5.74) is 3.41. The van der Waals surface area contributed by atoms with Crippen molar-refractivity contribution in [3.8, 4) is 0 Å². The predicted octanol–water partition coefficient (Wildman–Crippen LogP) is 4.68. The topological polar surface area (TPSA) is 100 Å². The van der Waals surface area contributed by atoms with E-state index in [4.69, 9.17) is 4.42 Å². The van der Waals surface area contributed by atoms with Gasteiger partial charge in [-0.15, -0.1) is 0 Å². The average molecular weight is 419 g/mol. The smallest absolute Gasteiger partial charge is 0.291 e. The lowest BCUT2D eigenvalue weighted by Gasteiger charge is -2.16. The van der Waals surface area contributed by atoms with Gasteiger partial charge < -0.3 is 20.4 Å². The Morgan fingerprint density at radius 1 is 0.968 bits per heavy atom. The summed E-state index contributed by atoms with van der Waals surface area (Å²) in [6, 6.07) is 15.4. The number of carbonyl (C=O) groups is 3. The van der Waals surface area contributed by atoms with Gasteiger partial charge in [0, 0.05) is 23.4 Å². The van der Waals surface area contributed by atoms with Gasteiger partial charge in [0.25, 0.3) is 11.8 Å². The third-order valence-corrected chi connectivity index (χ3v) is 4.86. The minimum atomic E-state index is -0.380. The molecular weight excluding hydrogens is 394 g/mol. The minimum Gasteiger partial charge on any atom is -0.459 e. The van der Waals surface area contributed by atoms with Crippen molar-refractivity contribution in [2.45, 2.75) is 33.2 Å². The first-order valence-corrected chi connectivity index (χ1v) is 10.0. The molecule has 0 aliphatic carbocycles. The van der Waals surface area contributed by atoms with E-state index < -0.39 is 0 Å². The molecule has 160 valence electrons. The molecule has 31 heavy (non-hydrogen) atoms. The summed E-state index contributed by atoms with van der Waals surface area (Å²) in [6.07, 6.45) is 1.84. The highest BCUT2D eigenvalue weighted by molar-refractivity contribution is 6.04. The van der Waals surface area contributed by atoms with Crippen molar-refractivity contribution in [3.05, 3.63) is 83.3 Å². The van der Waals surface area contributed by atoms with Crippen LogP contribution >= 0.6 is 0 Å². The molecule has 0 saturated carbocycles. The average Bonchev–Trinajstić information content (AvgIpc) is 3.30. The van der Waals surface area contributed by atoms with Gasteiger partial charge in [0.2, 0.25) is 5.91 Å². The maximum absolute atomic E-state index is 12.8. The number of furan rings is 1. The summed E-state index contributed by atoms with van der Waals surface area (Å²) in [6.45, 7) is 5.52. The fraction of sp³-hybridized carbons (Fsp3) is 0.208. The van der Waals surface area contributed by atoms with Gasteiger partial charge in [-0.25, -0.2) is 0 Å². The van der Waals surface area contributed by atoms with Gasteiger partial charge >= 0.3 is 0 Å². The van der Waals surface area contributed by atoms with Crippen molar-refractivity contribution >= 4 is 29.1 Å². The zero-order valence-corrected chi connectivity index (χ0v) is 17.7. The summed E-state index contributed by atoms with van der Waals surface area (Å²) < 4.78 is 5.11. The third-order valence-electron chi connectivity index (χ3n) is 4.86. The van der Waals surface area contributed by atoms with E-state index in [2.05, 4.69) is 16.0 Å². The highest BCUT2D eigenvalue weighted by atomic mass is 16.3. The maximum atomic E-state index is 12.8. The first-order chi connectivity index (χ1) is 14.9. The van der Waals surface area contributed by atoms with Crippen LogP contribution in [0, 0.1) is 6.92 Å². The number of amides is 3. The Bertz CT molecular complexity index is 1070. The molecule has 0 aliphatic rings. The zero-order valence-electron chi connectivity index (χ0n) is 17.7. The van der Waals surface area contributed by atoms with Crippen molar-refractivity contribution in [1.82, 2.24) is 5.32 Å². The van der Waals surface area contributed by atoms with Gasteiger partial charge in [-0.1, -0.05) is 25.1 Å². The van der Waals surface area contributed by atoms with E-state index in [9.17, 15) is 14.4 Å². The van der Waals surface area contributed by atoms with Crippen LogP contribution in [0.15, 0.2) is 65.3 Å². The van der Waals surface area contributed by atoms with Gasteiger partial charge in [0.15, 0.2) is 5.76 Å². The van der Waals surface area contributed by atoms with Crippen LogP contribution in [0.25, 0.3) is 0 Å². The summed E-state index contributed by atoms with van der Waals surface area (Å²) in [4.78, 5) is 36.5. The molecule has 1 unspecified atom stereocenters. The molecular formula is C24H25N3O4. The Labute approximate surface area is 180 Å². The zero-order chi connectivity index (χ0) is 22.4. The standard InChI is InChI=1S/C24H25N3O4/c1-4-22(28)26-19-11-9-17(10-12-19)16(3)25-23(29)18-8-7-15(2)20(14-18)27-24(30)21-6-5-13-31-21/h5-14,16H,4H2,1-3H3,(H,25,29)(H,26,28)(H,27,30). The SMILES string of the molecule is CCC(=O)Nc1ccc(C(C)NC(=O)c2ccc(C)c(NC(=O)c3ccco3)c2)cc1. The van der Waals surface area contributed by atoms with Crippen LogP contribution in [0.5, 0.6) is 0 Å². The lowest BCUT2D eigenvalue weighted by Crippen LogP contribution is -2.27. The third kappa shape index (κ3) is 5.60. The fourth-order valence-electron chi connectivity index (χ4n) is 2.96. The molecule has 0 spiro atoms. The van der Waals surface area contributed by atoms with Gasteiger partial charge in [-0.05, 0) is 61.4 Å². The number of carbonyl (C=O) groups excluding carboxylic acids is 3. The number of anilines is 2. The largest absolute Gasteiger partial charge is 0.459 e. The van der Waals surface area contributed by atoms with Crippen LogP contribution in [0.1, 0.15) is 58.3 Å². The maximum Gasteiger partial charge on any atom is 0.291 e. The molecule has 3 aromatic rings. The van der Waals surface area contributed by atoms with Crippen molar-refractivity contribution < 1.29 is 18.8 Å². The second kappa shape index (κ2) is 9.75. The normalized spacial score (nSPS) is 11.5. The summed E-state index contributed by atoms with van der Waals surface area (Å²) >= 11 is 0. The Kier molecular flexibility index (Phi) is 6.87. The van der Waals surface area contributed by atoms with Gasteiger partial charge in [0.05, 0.1) is 12.3 Å². The first-order valence-electron chi connectivity index (χ1n) is 10.0. The molecule has 1 atom stereocenters. The molecule has 0 bridgehead atoms. The Morgan fingerprint density at radius 3 is 2.35 bits per heavy atom. The Balaban J connectivity index is 1.67. The number of benzene rings is 2. The van der Waals surface area contributed by atoms with Crippen LogP contribution in [-0.4, -0.2) is 17.7 Å². The summed E-state index contributed by atoms with van der Waals surface area (Å²) in [5.74, 6) is -0.497. The van der Waals surface area contributed by atoms with E-state index in [-0.39, 0.29) is 29.5 Å². The van der Waals surface area contributed by atoms with Crippen LogP contribution in [0.4, 0.5) is 11.4 Å². The van der Waals surface area contributed by atoms with Gasteiger partial charge in [-0.2, -0.15) is 0 Å². The molecule has 3 amide bonds. The van der Waals surface area contributed by atoms with E-state index in [1.807, 2.05) is 26.0 Å². The van der Waals surface area contributed by atoms with Gasteiger partial charge in [0.1, 0.15) is 0 Å². The number of nitrogens with one attached hydrogen (secondary N) is 3. The van der Waals surface area contributed by atoms with Crippen molar-refractivity contribution in [1.29, 1.82) is 0 Å². The summed E-state index contributed by atoms with van der Waals surface area (Å²) in [5, 5.41) is 8.52. The lowest BCUT2D eigenvalue weighted by molar-refractivity contribution is -0.115. The fourth-order valence-corrected chi connectivity index (χ4v) is 2.96. The monoisotopic (exact) mass is 419 g/mol. The molecule has 3 N–H and O–H groups in total. The molecule has 1 heterocycles. The van der Waals surface area contributed by atoms with Crippen LogP contribution in [0.3, 0.4) is 0 Å². The first kappa shape index (κ1) is 21.8. The predicted molar refractivity (Wildman–Crippen MR) is 119 cm³/mol.